The molecule has 0 unspecified atom stereocenters. The molecule has 0 aliphatic carbocycles. The average Bonchev–Trinajstić information content (AvgIpc) is 2.76. The van der Waals surface area contributed by atoms with Crippen LogP contribution in [0.3, 0.4) is 0 Å². The lowest BCUT2D eigenvalue weighted by Gasteiger charge is -2.12. The highest BCUT2D eigenvalue weighted by Crippen LogP contribution is 2.29. The highest BCUT2D eigenvalue weighted by Gasteiger charge is 2.10. The van der Waals surface area contributed by atoms with Crippen molar-refractivity contribution in [1.29, 1.82) is 0 Å². The van der Waals surface area contributed by atoms with Gasteiger partial charge in [0.1, 0.15) is 11.5 Å². The Morgan fingerprint density at radius 3 is 2.72 bits per heavy atom. The van der Waals surface area contributed by atoms with Crippen LogP contribution in [0.5, 0.6) is 11.5 Å². The van der Waals surface area contributed by atoms with Crippen LogP contribution in [-0.2, 0) is 11.3 Å². The second-order valence-corrected chi connectivity index (χ2v) is 6.24. The molecule has 8 heteroatoms. The van der Waals surface area contributed by atoms with Crippen LogP contribution in [0.4, 0.5) is 5.69 Å². The first-order valence-corrected chi connectivity index (χ1v) is 9.11. The van der Waals surface area contributed by atoms with Crippen molar-refractivity contribution in [3.8, 4) is 22.8 Å². The normalized spacial score (nSPS) is 10.4. The molecule has 0 saturated heterocycles. The monoisotopic (exact) mass is 394 g/mol. The van der Waals surface area contributed by atoms with Gasteiger partial charge in [-0.15, -0.1) is 0 Å². The van der Waals surface area contributed by atoms with Crippen molar-refractivity contribution in [1.82, 2.24) is 14.8 Å². The van der Waals surface area contributed by atoms with E-state index in [1.807, 2.05) is 12.1 Å². The summed E-state index contributed by atoms with van der Waals surface area (Å²) in [4.78, 5) is 28.4. The molecule has 0 atom stereocenters. The molecular formula is C21H22N4O4. The second kappa shape index (κ2) is 9.50. The molecule has 0 bridgehead atoms. The van der Waals surface area contributed by atoms with Crippen LogP contribution < -0.4 is 20.3 Å². The molecule has 0 aliphatic rings. The smallest absolute Gasteiger partial charge is 0.266 e. The zero-order valence-corrected chi connectivity index (χ0v) is 16.3. The van der Waals surface area contributed by atoms with Gasteiger partial charge in [0, 0.05) is 43.1 Å². The number of nitrogens with zero attached hydrogens (tertiary/aromatic N) is 3. The van der Waals surface area contributed by atoms with Crippen molar-refractivity contribution in [2.24, 2.45) is 0 Å². The minimum Gasteiger partial charge on any atom is -0.497 e. The minimum atomic E-state index is -0.213. The molecule has 8 nitrogen and oxygen atoms in total. The number of anilines is 1. The highest BCUT2D eigenvalue weighted by atomic mass is 16.5. The van der Waals surface area contributed by atoms with Crippen molar-refractivity contribution >= 4 is 11.6 Å². The van der Waals surface area contributed by atoms with E-state index in [4.69, 9.17) is 9.47 Å². The zero-order valence-electron chi connectivity index (χ0n) is 16.3. The third kappa shape index (κ3) is 5.19. The van der Waals surface area contributed by atoms with E-state index in [9.17, 15) is 9.59 Å². The summed E-state index contributed by atoms with van der Waals surface area (Å²) in [5.41, 5.74) is 1.83. The number of amides is 1. The van der Waals surface area contributed by atoms with Gasteiger partial charge in [-0.05, 0) is 36.8 Å². The van der Waals surface area contributed by atoms with Crippen LogP contribution in [0.15, 0.2) is 59.7 Å². The van der Waals surface area contributed by atoms with Gasteiger partial charge in [-0.25, -0.2) is 4.68 Å². The van der Waals surface area contributed by atoms with E-state index in [1.54, 1.807) is 43.8 Å². The molecule has 0 fully saturated rings. The fourth-order valence-electron chi connectivity index (χ4n) is 2.78. The van der Waals surface area contributed by atoms with Crippen LogP contribution in [0.25, 0.3) is 11.3 Å². The number of rotatable bonds is 8. The van der Waals surface area contributed by atoms with E-state index in [1.165, 1.54) is 17.9 Å². The third-order valence-electron chi connectivity index (χ3n) is 4.28. The molecule has 0 saturated carbocycles. The summed E-state index contributed by atoms with van der Waals surface area (Å²) in [6.45, 7) is 0.333. The molecule has 0 aliphatic heterocycles. The van der Waals surface area contributed by atoms with Crippen molar-refractivity contribution in [3.63, 3.8) is 0 Å². The number of aromatic nitrogens is 3. The minimum absolute atomic E-state index is 0.176. The van der Waals surface area contributed by atoms with Crippen LogP contribution in [0.2, 0.25) is 0 Å². The van der Waals surface area contributed by atoms with Gasteiger partial charge < -0.3 is 14.8 Å². The Morgan fingerprint density at radius 2 is 2.00 bits per heavy atom. The second-order valence-electron chi connectivity index (χ2n) is 6.24. The number of pyridine rings is 1. The fourth-order valence-corrected chi connectivity index (χ4v) is 2.78. The van der Waals surface area contributed by atoms with Crippen molar-refractivity contribution < 1.29 is 14.3 Å². The summed E-state index contributed by atoms with van der Waals surface area (Å²) in [5, 5.41) is 7.18. The Kier molecular flexibility index (Phi) is 6.57. The number of carbonyl (C=O) groups excluding carboxylic acids is 1. The Balaban J connectivity index is 1.60. The first-order valence-electron chi connectivity index (χ1n) is 9.11. The van der Waals surface area contributed by atoms with Crippen molar-refractivity contribution in [3.05, 3.63) is 65.2 Å². The summed E-state index contributed by atoms with van der Waals surface area (Å²) in [5.74, 6) is 0.975. The lowest BCUT2D eigenvalue weighted by atomic mass is 10.2. The SMILES string of the molecule is COc1ccc(NC(=O)CCCn2nc(-c3cccnc3)ccc2=O)c(OC)c1. The van der Waals surface area contributed by atoms with Crippen LogP contribution in [0.1, 0.15) is 12.8 Å². The van der Waals surface area contributed by atoms with Gasteiger partial charge in [0.05, 0.1) is 25.6 Å². The van der Waals surface area contributed by atoms with E-state index in [0.29, 0.717) is 35.8 Å². The fraction of sp³-hybridized carbons (Fsp3) is 0.238. The van der Waals surface area contributed by atoms with Gasteiger partial charge in [-0.3, -0.25) is 14.6 Å². The summed E-state index contributed by atoms with van der Waals surface area (Å²) in [6, 6.07) is 12.0. The quantitative estimate of drug-likeness (QED) is 0.631. The zero-order chi connectivity index (χ0) is 20.6. The van der Waals surface area contributed by atoms with Gasteiger partial charge in [0.15, 0.2) is 0 Å². The molecule has 2 heterocycles. The molecule has 1 N–H and O–H groups in total. The summed E-state index contributed by atoms with van der Waals surface area (Å²) >= 11 is 0. The van der Waals surface area contributed by atoms with Gasteiger partial charge in [-0.1, -0.05) is 0 Å². The van der Waals surface area contributed by atoms with Gasteiger partial charge >= 0.3 is 0 Å². The number of carbonyl (C=O) groups is 1. The Hall–Kier alpha value is -3.68. The topological polar surface area (TPSA) is 95.3 Å². The number of aryl methyl sites for hydroxylation is 1. The molecule has 2 aromatic heterocycles. The molecule has 150 valence electrons. The molecule has 0 spiro atoms. The Bertz CT molecular complexity index is 1030. The Morgan fingerprint density at radius 1 is 1.14 bits per heavy atom. The summed E-state index contributed by atoms with van der Waals surface area (Å²) in [7, 11) is 3.09. The number of ether oxygens (including phenoxy) is 2. The number of nitrogens with one attached hydrogen (secondary N) is 1. The largest absolute Gasteiger partial charge is 0.497 e. The maximum atomic E-state index is 12.3. The van der Waals surface area contributed by atoms with E-state index in [0.717, 1.165) is 5.56 Å². The van der Waals surface area contributed by atoms with E-state index in [2.05, 4.69) is 15.4 Å². The Labute approximate surface area is 168 Å². The third-order valence-corrected chi connectivity index (χ3v) is 4.28. The molecule has 1 amide bonds. The number of methoxy groups -OCH3 is 2. The summed E-state index contributed by atoms with van der Waals surface area (Å²) in [6.07, 6.45) is 4.07. The average molecular weight is 394 g/mol. The maximum Gasteiger partial charge on any atom is 0.266 e. The van der Waals surface area contributed by atoms with Crippen molar-refractivity contribution in [2.75, 3.05) is 19.5 Å². The molecule has 0 radical (unpaired) electrons. The van der Waals surface area contributed by atoms with Gasteiger partial charge in [0.2, 0.25) is 5.91 Å². The maximum absolute atomic E-state index is 12.3. The first-order chi connectivity index (χ1) is 14.1. The standard InChI is InChI=1S/C21H22N4O4/c1-28-16-7-8-18(19(13-16)29-2)23-20(26)6-4-12-25-21(27)10-9-17(24-25)15-5-3-11-22-14-15/h3,5,7-11,13-14H,4,6,12H2,1-2H3,(H,23,26). The summed E-state index contributed by atoms with van der Waals surface area (Å²) < 4.78 is 11.8. The first kappa shape index (κ1) is 20.1. The molecule has 3 aromatic rings. The molecule has 1 aromatic carbocycles. The predicted octanol–water partition coefficient (Wildman–Crippen LogP) is 2.74. The number of benzene rings is 1. The highest BCUT2D eigenvalue weighted by molar-refractivity contribution is 5.92. The van der Waals surface area contributed by atoms with E-state index < -0.39 is 0 Å². The van der Waals surface area contributed by atoms with Crippen molar-refractivity contribution in [2.45, 2.75) is 19.4 Å². The predicted molar refractivity (Wildman–Crippen MR) is 109 cm³/mol. The van der Waals surface area contributed by atoms with Gasteiger partial charge in [-0.2, -0.15) is 5.10 Å². The lowest BCUT2D eigenvalue weighted by molar-refractivity contribution is -0.116. The molecule has 29 heavy (non-hydrogen) atoms. The molecule has 3 rings (SSSR count). The van der Waals surface area contributed by atoms with Crippen LogP contribution in [0, 0.1) is 0 Å². The number of hydrogen-bond donors (Lipinski definition) is 1. The number of hydrogen-bond acceptors (Lipinski definition) is 6. The van der Waals surface area contributed by atoms with Gasteiger partial charge in [0.25, 0.3) is 5.56 Å². The van der Waals surface area contributed by atoms with Crippen LogP contribution >= 0.6 is 0 Å². The van der Waals surface area contributed by atoms with E-state index >= 15 is 0 Å². The lowest BCUT2D eigenvalue weighted by Crippen LogP contribution is -2.23. The van der Waals surface area contributed by atoms with E-state index in [-0.39, 0.29) is 17.9 Å². The molecular weight excluding hydrogens is 372 g/mol. The van der Waals surface area contributed by atoms with Crippen LogP contribution in [-0.4, -0.2) is 34.9 Å².